The van der Waals surface area contributed by atoms with Crippen molar-refractivity contribution in [2.24, 2.45) is 12.8 Å². The molecule has 0 bridgehead atoms. The number of hydrogen-bond donors (Lipinski definition) is 1. The van der Waals surface area contributed by atoms with Crippen LogP contribution < -0.4 is 10.5 Å². The van der Waals surface area contributed by atoms with Crippen molar-refractivity contribution in [1.82, 2.24) is 9.78 Å². The molecule has 4 nitrogen and oxygen atoms in total. The molecule has 2 heterocycles. The van der Waals surface area contributed by atoms with Gasteiger partial charge in [-0.15, -0.1) is 0 Å². The zero-order chi connectivity index (χ0) is 12.5. The van der Waals surface area contributed by atoms with Gasteiger partial charge >= 0.3 is 0 Å². The lowest BCUT2D eigenvalue weighted by atomic mass is 10.0. The first-order valence-electron chi connectivity index (χ1n) is 6.26. The summed E-state index contributed by atoms with van der Waals surface area (Å²) in [5, 5.41) is 4.55. The zero-order valence-electron chi connectivity index (χ0n) is 10.5. The molecule has 0 fully saturated rings. The lowest BCUT2D eigenvalue weighted by Gasteiger charge is -2.04. The second-order valence-corrected chi connectivity index (χ2v) is 4.64. The van der Waals surface area contributed by atoms with Crippen LogP contribution in [0.1, 0.15) is 11.1 Å². The zero-order valence-corrected chi connectivity index (χ0v) is 10.5. The summed E-state index contributed by atoms with van der Waals surface area (Å²) >= 11 is 0. The summed E-state index contributed by atoms with van der Waals surface area (Å²) < 4.78 is 7.38. The first-order valence-corrected chi connectivity index (χ1v) is 6.26. The summed E-state index contributed by atoms with van der Waals surface area (Å²) in [4.78, 5) is 0. The van der Waals surface area contributed by atoms with Crippen molar-refractivity contribution in [2.75, 3.05) is 13.2 Å². The van der Waals surface area contributed by atoms with Crippen molar-refractivity contribution in [3.8, 4) is 17.0 Å². The van der Waals surface area contributed by atoms with Gasteiger partial charge in [0.05, 0.1) is 12.3 Å². The monoisotopic (exact) mass is 243 g/mol. The van der Waals surface area contributed by atoms with Crippen molar-refractivity contribution in [2.45, 2.75) is 12.8 Å². The lowest BCUT2D eigenvalue weighted by Crippen LogP contribution is -2.02. The van der Waals surface area contributed by atoms with Gasteiger partial charge in [0, 0.05) is 25.2 Å². The quantitative estimate of drug-likeness (QED) is 0.889. The third-order valence-electron chi connectivity index (χ3n) is 3.28. The van der Waals surface area contributed by atoms with Gasteiger partial charge in [0.2, 0.25) is 0 Å². The molecule has 0 spiro atoms. The molecule has 0 aliphatic carbocycles. The summed E-state index contributed by atoms with van der Waals surface area (Å²) in [6.45, 7) is 1.43. The first-order chi connectivity index (χ1) is 8.78. The maximum absolute atomic E-state index is 5.65. The molecule has 3 rings (SSSR count). The smallest absolute Gasteiger partial charge is 0.122 e. The van der Waals surface area contributed by atoms with Crippen LogP contribution in [0.2, 0.25) is 0 Å². The Kier molecular flexibility index (Phi) is 2.80. The molecule has 1 aliphatic rings. The summed E-state index contributed by atoms with van der Waals surface area (Å²) in [6, 6.07) is 6.30. The number of benzene rings is 1. The number of fused-ring (bicyclic) bond motifs is 1. The van der Waals surface area contributed by atoms with E-state index in [2.05, 4.69) is 17.2 Å². The highest BCUT2D eigenvalue weighted by Crippen LogP contribution is 2.31. The molecule has 2 N–H and O–H groups in total. The number of hydrogen-bond acceptors (Lipinski definition) is 3. The second-order valence-electron chi connectivity index (χ2n) is 4.64. The fourth-order valence-electron chi connectivity index (χ4n) is 2.45. The van der Waals surface area contributed by atoms with E-state index in [0.29, 0.717) is 6.54 Å². The fraction of sp³-hybridized carbons (Fsp3) is 0.357. The van der Waals surface area contributed by atoms with Crippen LogP contribution in [0.4, 0.5) is 0 Å². The number of nitrogens with two attached hydrogens (primary N) is 1. The Balaban J connectivity index is 2.03. The van der Waals surface area contributed by atoms with Gasteiger partial charge in [-0.05, 0) is 42.3 Å². The number of nitrogens with zero attached hydrogens (tertiary/aromatic N) is 2. The minimum atomic E-state index is 0.646. The van der Waals surface area contributed by atoms with Crippen molar-refractivity contribution in [1.29, 1.82) is 0 Å². The van der Waals surface area contributed by atoms with E-state index in [1.165, 1.54) is 11.1 Å². The fourth-order valence-corrected chi connectivity index (χ4v) is 2.45. The Morgan fingerprint density at radius 2 is 2.33 bits per heavy atom. The highest BCUT2D eigenvalue weighted by atomic mass is 16.5. The standard InChI is InChI=1S/C14H17N3O/c1-17-9-12(4-6-15)14(16-17)11-2-3-13-10(8-11)5-7-18-13/h2-3,8-9H,4-7,15H2,1H3. The van der Waals surface area contributed by atoms with Crippen LogP contribution in [0.25, 0.3) is 11.3 Å². The van der Waals surface area contributed by atoms with Crippen molar-refractivity contribution >= 4 is 0 Å². The third kappa shape index (κ3) is 1.88. The molecule has 2 aromatic rings. The van der Waals surface area contributed by atoms with E-state index in [1.54, 1.807) is 0 Å². The summed E-state index contributed by atoms with van der Waals surface area (Å²) in [7, 11) is 1.94. The second kappa shape index (κ2) is 4.46. The van der Waals surface area contributed by atoms with Crippen LogP contribution in [0, 0.1) is 0 Å². The molecule has 1 aliphatic heterocycles. The molecule has 0 unspecified atom stereocenters. The van der Waals surface area contributed by atoms with E-state index >= 15 is 0 Å². The van der Waals surface area contributed by atoms with E-state index < -0.39 is 0 Å². The maximum atomic E-state index is 5.65. The minimum absolute atomic E-state index is 0.646. The Labute approximate surface area is 106 Å². The molecule has 0 radical (unpaired) electrons. The van der Waals surface area contributed by atoms with Gasteiger partial charge in [-0.3, -0.25) is 4.68 Å². The largest absolute Gasteiger partial charge is 0.493 e. The number of rotatable bonds is 3. The Morgan fingerprint density at radius 1 is 1.44 bits per heavy atom. The third-order valence-corrected chi connectivity index (χ3v) is 3.28. The molecular formula is C14H17N3O. The topological polar surface area (TPSA) is 53.1 Å². The summed E-state index contributed by atoms with van der Waals surface area (Å²) in [6.07, 6.45) is 3.89. The summed E-state index contributed by atoms with van der Waals surface area (Å²) in [5.41, 5.74) is 10.3. The SMILES string of the molecule is Cn1cc(CCN)c(-c2ccc3c(c2)CCO3)n1. The van der Waals surface area contributed by atoms with Gasteiger partial charge in [-0.1, -0.05) is 0 Å². The maximum Gasteiger partial charge on any atom is 0.122 e. The van der Waals surface area contributed by atoms with E-state index in [-0.39, 0.29) is 0 Å². The van der Waals surface area contributed by atoms with Crippen molar-refractivity contribution in [3.63, 3.8) is 0 Å². The van der Waals surface area contributed by atoms with Gasteiger partial charge in [-0.25, -0.2) is 0 Å². The normalized spacial score (nSPS) is 13.4. The van der Waals surface area contributed by atoms with Crippen LogP contribution in [0.15, 0.2) is 24.4 Å². The molecule has 18 heavy (non-hydrogen) atoms. The highest BCUT2D eigenvalue weighted by molar-refractivity contribution is 5.65. The molecule has 4 heteroatoms. The molecule has 0 saturated heterocycles. The van der Waals surface area contributed by atoms with Crippen LogP contribution in [-0.4, -0.2) is 22.9 Å². The van der Waals surface area contributed by atoms with Crippen molar-refractivity contribution in [3.05, 3.63) is 35.5 Å². The van der Waals surface area contributed by atoms with Crippen LogP contribution in [0.5, 0.6) is 5.75 Å². The molecule has 1 aromatic heterocycles. The van der Waals surface area contributed by atoms with E-state index in [9.17, 15) is 0 Å². The number of aromatic nitrogens is 2. The molecule has 94 valence electrons. The van der Waals surface area contributed by atoms with Crippen molar-refractivity contribution < 1.29 is 4.74 Å². The molecule has 1 aromatic carbocycles. The predicted molar refractivity (Wildman–Crippen MR) is 70.6 cm³/mol. The molecule has 0 saturated carbocycles. The summed E-state index contributed by atoms with van der Waals surface area (Å²) in [5.74, 6) is 1.01. The van der Waals surface area contributed by atoms with Gasteiger partial charge < -0.3 is 10.5 Å². The average Bonchev–Trinajstić information content (AvgIpc) is 2.95. The van der Waals surface area contributed by atoms with Gasteiger partial charge in [0.25, 0.3) is 0 Å². The Bertz CT molecular complexity index is 574. The van der Waals surface area contributed by atoms with E-state index in [0.717, 1.165) is 36.5 Å². The molecule has 0 amide bonds. The molecule has 0 atom stereocenters. The Morgan fingerprint density at radius 3 is 3.17 bits per heavy atom. The molecular weight excluding hydrogens is 226 g/mol. The average molecular weight is 243 g/mol. The van der Waals surface area contributed by atoms with Gasteiger partial charge in [-0.2, -0.15) is 5.10 Å². The number of aryl methyl sites for hydroxylation is 1. The van der Waals surface area contributed by atoms with E-state index in [4.69, 9.17) is 10.5 Å². The lowest BCUT2D eigenvalue weighted by molar-refractivity contribution is 0.357. The Hall–Kier alpha value is -1.81. The first kappa shape index (κ1) is 11.3. The van der Waals surface area contributed by atoms with Crippen LogP contribution in [-0.2, 0) is 19.9 Å². The van der Waals surface area contributed by atoms with Gasteiger partial charge in [0.1, 0.15) is 5.75 Å². The van der Waals surface area contributed by atoms with Crippen LogP contribution in [0.3, 0.4) is 0 Å². The number of ether oxygens (including phenoxy) is 1. The highest BCUT2D eigenvalue weighted by Gasteiger charge is 2.15. The van der Waals surface area contributed by atoms with E-state index in [1.807, 2.05) is 24.0 Å². The van der Waals surface area contributed by atoms with Gasteiger partial charge in [0.15, 0.2) is 0 Å². The minimum Gasteiger partial charge on any atom is -0.493 e. The predicted octanol–water partition coefficient (Wildman–Crippen LogP) is 1.52. The van der Waals surface area contributed by atoms with Crippen LogP contribution >= 0.6 is 0 Å².